The average molecular weight is 544 g/mol. The highest BCUT2D eigenvalue weighted by atomic mass is 16.2. The molecule has 1 amide bonds. The smallest absolute Gasteiger partial charge is 0.241 e. The van der Waals surface area contributed by atoms with Gasteiger partial charge in [-0.3, -0.25) is 4.79 Å². The summed E-state index contributed by atoms with van der Waals surface area (Å²) < 4.78 is 0. The molecule has 208 valence electrons. The van der Waals surface area contributed by atoms with Gasteiger partial charge in [0, 0.05) is 5.69 Å². The van der Waals surface area contributed by atoms with E-state index in [1.807, 2.05) is 12.3 Å². The Balaban J connectivity index is 1.10. The summed E-state index contributed by atoms with van der Waals surface area (Å²) in [5, 5.41) is 9.99. The van der Waals surface area contributed by atoms with Gasteiger partial charge in [-0.25, -0.2) is 4.98 Å². The fraction of sp³-hybridized carbons (Fsp3) is 0.371. The molecule has 1 saturated carbocycles. The first-order chi connectivity index (χ1) is 20.2. The maximum absolute atomic E-state index is 12.7. The molecule has 3 aromatic carbocycles. The maximum atomic E-state index is 12.7. The number of nitrogens with zero attached hydrogens (tertiary/aromatic N) is 1. The highest BCUT2D eigenvalue weighted by molar-refractivity contribution is 5.95. The Labute approximate surface area is 241 Å². The Bertz CT molecular complexity index is 1590. The summed E-state index contributed by atoms with van der Waals surface area (Å²) in [6.07, 6.45) is 10.1. The van der Waals surface area contributed by atoms with E-state index in [2.05, 4.69) is 80.5 Å². The van der Waals surface area contributed by atoms with Crippen molar-refractivity contribution in [1.82, 2.24) is 20.6 Å². The lowest BCUT2D eigenvalue weighted by Crippen LogP contribution is -2.35. The number of benzene rings is 3. The van der Waals surface area contributed by atoms with Crippen molar-refractivity contribution in [2.45, 2.75) is 68.9 Å². The normalized spacial score (nSPS) is 24.6. The Kier molecular flexibility index (Phi) is 6.26. The second kappa shape index (κ2) is 10.3. The van der Waals surface area contributed by atoms with Gasteiger partial charge in [-0.1, -0.05) is 48.5 Å². The highest BCUT2D eigenvalue weighted by Gasteiger charge is 2.40. The maximum Gasteiger partial charge on any atom is 0.241 e. The number of amides is 1. The van der Waals surface area contributed by atoms with Crippen LogP contribution < -0.4 is 16.0 Å². The third-order valence-corrected chi connectivity index (χ3v) is 9.85. The van der Waals surface area contributed by atoms with Gasteiger partial charge < -0.3 is 20.9 Å². The SMILES string of the molecule is O=C(Nc1cccc(-c2ccc(-c3ccc(-c4cnc(C5CCCN5)[nH]4)cc3)c3c2C2CCC3C2)c1)C1CCCN1. The number of anilines is 1. The van der Waals surface area contributed by atoms with Gasteiger partial charge in [-0.15, -0.1) is 0 Å². The molecule has 3 fully saturated rings. The fourth-order valence-electron chi connectivity index (χ4n) is 7.84. The molecular formula is C35H37N5O. The van der Waals surface area contributed by atoms with Crippen molar-refractivity contribution in [3.63, 3.8) is 0 Å². The van der Waals surface area contributed by atoms with E-state index in [0.29, 0.717) is 17.9 Å². The largest absolute Gasteiger partial charge is 0.341 e. The highest BCUT2D eigenvalue weighted by Crippen LogP contribution is 2.58. The zero-order chi connectivity index (χ0) is 27.3. The summed E-state index contributed by atoms with van der Waals surface area (Å²) in [7, 11) is 0. The number of imidazole rings is 1. The molecule has 41 heavy (non-hydrogen) atoms. The zero-order valence-corrected chi connectivity index (χ0v) is 23.4. The summed E-state index contributed by atoms with van der Waals surface area (Å²) in [6, 6.07) is 22.4. The van der Waals surface area contributed by atoms with Crippen molar-refractivity contribution >= 4 is 11.6 Å². The summed E-state index contributed by atoms with van der Waals surface area (Å²) in [6.45, 7) is 1.99. The van der Waals surface area contributed by atoms with Crippen LogP contribution in [0.4, 0.5) is 5.69 Å². The quantitative estimate of drug-likeness (QED) is 0.213. The molecule has 4 N–H and O–H groups in total. The van der Waals surface area contributed by atoms with Crippen LogP contribution in [0.3, 0.4) is 0 Å². The molecule has 2 bridgehead atoms. The van der Waals surface area contributed by atoms with E-state index in [0.717, 1.165) is 49.6 Å². The minimum absolute atomic E-state index is 0.0734. The number of rotatable bonds is 6. The van der Waals surface area contributed by atoms with Crippen LogP contribution in [0.1, 0.15) is 79.8 Å². The average Bonchev–Trinajstić information content (AvgIpc) is 3.85. The van der Waals surface area contributed by atoms with Gasteiger partial charge in [-0.05, 0) is 121 Å². The number of fused-ring (bicyclic) bond motifs is 5. The zero-order valence-electron chi connectivity index (χ0n) is 23.4. The molecule has 2 saturated heterocycles. The molecule has 4 aromatic rings. The molecule has 4 unspecified atom stereocenters. The van der Waals surface area contributed by atoms with Crippen molar-refractivity contribution < 1.29 is 4.79 Å². The second-order valence-electron chi connectivity index (χ2n) is 12.3. The fourth-order valence-corrected chi connectivity index (χ4v) is 7.84. The van der Waals surface area contributed by atoms with Gasteiger partial charge in [0.15, 0.2) is 0 Å². The molecule has 1 aromatic heterocycles. The van der Waals surface area contributed by atoms with E-state index in [-0.39, 0.29) is 11.9 Å². The van der Waals surface area contributed by atoms with E-state index in [1.54, 1.807) is 5.56 Å². The lowest BCUT2D eigenvalue weighted by Gasteiger charge is -2.23. The molecule has 0 radical (unpaired) electrons. The number of H-pyrrole nitrogens is 1. The van der Waals surface area contributed by atoms with Crippen molar-refractivity contribution in [2.24, 2.45) is 0 Å². The number of nitrogens with one attached hydrogen (secondary N) is 4. The third kappa shape index (κ3) is 4.50. The van der Waals surface area contributed by atoms with E-state index in [9.17, 15) is 4.79 Å². The Hall–Kier alpha value is -3.74. The van der Waals surface area contributed by atoms with Crippen molar-refractivity contribution in [3.8, 4) is 33.5 Å². The summed E-state index contributed by atoms with van der Waals surface area (Å²) in [4.78, 5) is 21.0. The lowest BCUT2D eigenvalue weighted by atomic mass is 9.81. The van der Waals surface area contributed by atoms with Gasteiger partial charge in [0.05, 0.1) is 24.0 Å². The monoisotopic (exact) mass is 543 g/mol. The van der Waals surface area contributed by atoms with Gasteiger partial charge in [0.1, 0.15) is 5.82 Å². The predicted octanol–water partition coefficient (Wildman–Crippen LogP) is 6.89. The summed E-state index contributed by atoms with van der Waals surface area (Å²) >= 11 is 0. The van der Waals surface area contributed by atoms with E-state index in [1.165, 1.54) is 59.1 Å². The van der Waals surface area contributed by atoms with Crippen molar-refractivity contribution in [3.05, 3.63) is 83.8 Å². The molecule has 8 rings (SSSR count). The molecule has 0 spiro atoms. The van der Waals surface area contributed by atoms with E-state index in [4.69, 9.17) is 0 Å². The minimum atomic E-state index is -0.0797. The number of aromatic nitrogens is 2. The molecule has 2 aliphatic carbocycles. The van der Waals surface area contributed by atoms with Crippen LogP contribution in [0, 0.1) is 0 Å². The van der Waals surface area contributed by atoms with Crippen LogP contribution in [0.5, 0.6) is 0 Å². The van der Waals surface area contributed by atoms with Crippen molar-refractivity contribution in [1.29, 1.82) is 0 Å². The van der Waals surface area contributed by atoms with Crippen LogP contribution in [0.25, 0.3) is 33.5 Å². The van der Waals surface area contributed by atoms with Crippen LogP contribution >= 0.6 is 0 Å². The second-order valence-corrected chi connectivity index (χ2v) is 12.3. The van der Waals surface area contributed by atoms with E-state index >= 15 is 0 Å². The number of carbonyl (C=O) groups excluding carboxylic acids is 1. The molecule has 4 atom stereocenters. The first kappa shape index (κ1) is 25.0. The summed E-state index contributed by atoms with van der Waals surface area (Å²) in [5.41, 5.74) is 11.4. The molecule has 3 heterocycles. The van der Waals surface area contributed by atoms with Crippen LogP contribution in [-0.4, -0.2) is 35.0 Å². The molecule has 4 aliphatic rings. The van der Waals surface area contributed by atoms with Crippen LogP contribution in [0.2, 0.25) is 0 Å². The number of aromatic amines is 1. The first-order valence-electron chi connectivity index (χ1n) is 15.4. The van der Waals surface area contributed by atoms with E-state index < -0.39 is 0 Å². The topological polar surface area (TPSA) is 81.8 Å². The van der Waals surface area contributed by atoms with Gasteiger partial charge in [-0.2, -0.15) is 0 Å². The molecular weight excluding hydrogens is 506 g/mol. The van der Waals surface area contributed by atoms with Crippen LogP contribution in [-0.2, 0) is 4.79 Å². The first-order valence-corrected chi connectivity index (χ1v) is 15.4. The lowest BCUT2D eigenvalue weighted by molar-refractivity contribution is -0.117. The molecule has 6 nitrogen and oxygen atoms in total. The number of carbonyl (C=O) groups is 1. The van der Waals surface area contributed by atoms with Gasteiger partial charge in [0.25, 0.3) is 0 Å². The van der Waals surface area contributed by atoms with Crippen molar-refractivity contribution in [2.75, 3.05) is 18.4 Å². The Morgan fingerprint density at radius 2 is 1.51 bits per heavy atom. The molecule has 2 aliphatic heterocycles. The Morgan fingerprint density at radius 3 is 2.24 bits per heavy atom. The predicted molar refractivity (Wildman–Crippen MR) is 164 cm³/mol. The summed E-state index contributed by atoms with van der Waals surface area (Å²) in [5.74, 6) is 2.38. The number of hydrogen-bond donors (Lipinski definition) is 4. The molecule has 6 heteroatoms. The standard InChI is InChI=1S/C35H37N5O/c41-35(30-7-3-17-37-30)39-26-5-1-4-23(19-26)28-15-14-27(32-24-12-13-25(18-24)33(28)32)21-8-10-22(11-9-21)31-20-38-34(40-31)29-6-2-16-36-29/h1,4-5,8-11,14-15,19-20,24-25,29-30,36-37H,2-3,6-7,12-13,16-18H2,(H,38,40)(H,39,41). The number of hydrogen-bond acceptors (Lipinski definition) is 4. The van der Waals surface area contributed by atoms with Gasteiger partial charge in [0.2, 0.25) is 5.91 Å². The van der Waals surface area contributed by atoms with Crippen LogP contribution in [0.15, 0.2) is 66.9 Å². The van der Waals surface area contributed by atoms with Gasteiger partial charge >= 0.3 is 0 Å². The Morgan fingerprint density at radius 1 is 0.780 bits per heavy atom. The third-order valence-electron chi connectivity index (χ3n) is 9.85. The minimum Gasteiger partial charge on any atom is -0.341 e.